The highest BCUT2D eigenvalue weighted by atomic mass is 16.2. The van der Waals surface area contributed by atoms with Gasteiger partial charge < -0.3 is 5.32 Å². The Balaban J connectivity index is 1.69. The second-order valence-electron chi connectivity index (χ2n) is 4.99. The van der Waals surface area contributed by atoms with Crippen LogP contribution in [-0.4, -0.2) is 30.2 Å². The normalized spacial score (nSPS) is 27.2. The predicted octanol–water partition coefficient (Wildman–Crippen LogP) is 0.187. The molecule has 2 atom stereocenters. The molecule has 3 rings (SSSR count). The minimum atomic E-state index is -0.576. The summed E-state index contributed by atoms with van der Waals surface area (Å²) in [5.74, 6) is -0.751. The van der Waals surface area contributed by atoms with Gasteiger partial charge in [0.15, 0.2) is 0 Å². The fraction of sp³-hybridized carbons (Fsp3) is 0.429. The average Bonchev–Trinajstić information content (AvgIpc) is 2.46. The Labute approximate surface area is 112 Å². The lowest BCUT2D eigenvalue weighted by molar-refractivity contribution is -0.128. The summed E-state index contributed by atoms with van der Waals surface area (Å²) in [5, 5.41) is 14.9. The van der Waals surface area contributed by atoms with Gasteiger partial charge in [-0.05, 0) is 17.5 Å². The zero-order chi connectivity index (χ0) is 13.2. The summed E-state index contributed by atoms with van der Waals surface area (Å²) in [7, 11) is 0. The summed E-state index contributed by atoms with van der Waals surface area (Å²) >= 11 is 0. The van der Waals surface area contributed by atoms with E-state index in [0.717, 1.165) is 19.5 Å². The fourth-order valence-corrected chi connectivity index (χ4v) is 2.67. The molecule has 98 valence electrons. The predicted molar refractivity (Wildman–Crippen MR) is 69.6 cm³/mol. The number of carbonyl (C=O) groups excluding carboxylic acids is 1. The lowest BCUT2D eigenvalue weighted by Gasteiger charge is -2.39. The van der Waals surface area contributed by atoms with Gasteiger partial charge in [0, 0.05) is 19.6 Å². The van der Waals surface area contributed by atoms with E-state index in [1.807, 2.05) is 12.1 Å². The molecule has 1 fully saturated rings. The van der Waals surface area contributed by atoms with Crippen molar-refractivity contribution in [1.29, 1.82) is 5.26 Å². The lowest BCUT2D eigenvalue weighted by Crippen LogP contribution is -2.63. The second kappa shape index (κ2) is 5.00. The topological polar surface area (TPSA) is 68.2 Å². The summed E-state index contributed by atoms with van der Waals surface area (Å²) in [6.07, 6.45) is 0.830. The minimum Gasteiger partial charge on any atom is -0.327 e. The van der Waals surface area contributed by atoms with Gasteiger partial charge in [0.05, 0.1) is 6.07 Å². The van der Waals surface area contributed by atoms with E-state index in [1.54, 1.807) is 0 Å². The van der Waals surface area contributed by atoms with Gasteiger partial charge in [-0.3, -0.25) is 15.0 Å². The van der Waals surface area contributed by atoms with Crippen LogP contribution in [0.3, 0.4) is 0 Å². The van der Waals surface area contributed by atoms with Crippen molar-refractivity contribution in [2.24, 2.45) is 5.92 Å². The van der Waals surface area contributed by atoms with Gasteiger partial charge in [-0.1, -0.05) is 24.3 Å². The van der Waals surface area contributed by atoms with Gasteiger partial charge in [-0.15, -0.1) is 0 Å². The van der Waals surface area contributed by atoms with Gasteiger partial charge in [0.25, 0.3) is 0 Å². The molecular weight excluding hydrogens is 240 g/mol. The first-order chi connectivity index (χ1) is 9.28. The van der Waals surface area contributed by atoms with Gasteiger partial charge >= 0.3 is 0 Å². The van der Waals surface area contributed by atoms with Crippen LogP contribution < -0.4 is 10.6 Å². The number of benzene rings is 1. The van der Waals surface area contributed by atoms with Crippen LogP contribution in [0, 0.1) is 17.2 Å². The lowest BCUT2D eigenvalue weighted by atomic mass is 10.00. The molecule has 1 amide bonds. The van der Waals surface area contributed by atoms with Crippen LogP contribution in [0.5, 0.6) is 0 Å². The van der Waals surface area contributed by atoms with Crippen LogP contribution in [0.4, 0.5) is 0 Å². The molecule has 5 nitrogen and oxygen atoms in total. The van der Waals surface area contributed by atoms with Gasteiger partial charge in [-0.2, -0.15) is 5.26 Å². The molecule has 2 N–H and O–H groups in total. The van der Waals surface area contributed by atoms with Crippen molar-refractivity contribution in [2.75, 3.05) is 13.1 Å². The molecule has 1 saturated heterocycles. The fourth-order valence-electron chi connectivity index (χ4n) is 2.67. The van der Waals surface area contributed by atoms with Crippen LogP contribution in [0.15, 0.2) is 24.3 Å². The Morgan fingerprint density at radius 3 is 2.84 bits per heavy atom. The second-order valence-corrected chi connectivity index (χ2v) is 4.99. The summed E-state index contributed by atoms with van der Waals surface area (Å²) in [6, 6.07) is 10.4. The number of carbonyl (C=O) groups is 1. The Kier molecular flexibility index (Phi) is 3.20. The van der Waals surface area contributed by atoms with E-state index >= 15 is 0 Å². The van der Waals surface area contributed by atoms with Crippen molar-refractivity contribution in [3.63, 3.8) is 0 Å². The van der Waals surface area contributed by atoms with Crippen LogP contribution in [0.2, 0.25) is 0 Å². The highest BCUT2D eigenvalue weighted by molar-refractivity contribution is 5.82. The molecule has 2 heterocycles. The largest absolute Gasteiger partial charge is 0.327 e. The summed E-state index contributed by atoms with van der Waals surface area (Å²) in [6.45, 7) is 2.16. The van der Waals surface area contributed by atoms with Crippen LogP contribution in [0.1, 0.15) is 11.1 Å². The van der Waals surface area contributed by atoms with E-state index < -0.39 is 5.92 Å². The molecule has 1 aromatic carbocycles. The van der Waals surface area contributed by atoms with Crippen molar-refractivity contribution in [1.82, 2.24) is 15.5 Å². The third-order valence-corrected chi connectivity index (χ3v) is 3.79. The number of nitriles is 1. The molecule has 0 saturated carbocycles. The first-order valence-electron chi connectivity index (χ1n) is 6.52. The van der Waals surface area contributed by atoms with Gasteiger partial charge in [0.2, 0.25) is 5.91 Å². The molecule has 0 spiro atoms. The molecule has 0 aliphatic carbocycles. The average molecular weight is 256 g/mol. The number of amides is 1. The number of hydrogen-bond acceptors (Lipinski definition) is 4. The third-order valence-electron chi connectivity index (χ3n) is 3.79. The number of fused-ring (bicyclic) bond motifs is 1. The molecule has 5 heteroatoms. The molecule has 0 bridgehead atoms. The van der Waals surface area contributed by atoms with Crippen LogP contribution in [0.25, 0.3) is 0 Å². The molecule has 2 unspecified atom stereocenters. The third kappa shape index (κ3) is 2.33. The van der Waals surface area contributed by atoms with E-state index in [9.17, 15) is 4.79 Å². The maximum atomic E-state index is 11.7. The standard InChI is InChI=1S/C14H16N4O/c15-7-12-8-16-14(17-13(12)19)18-6-5-10-3-1-2-4-11(10)9-18/h1-4,12,14,16H,5-6,8-9H2,(H,17,19). The zero-order valence-electron chi connectivity index (χ0n) is 10.6. The number of hydrogen-bond donors (Lipinski definition) is 2. The maximum Gasteiger partial charge on any atom is 0.240 e. The molecular formula is C14H16N4O. The van der Waals surface area contributed by atoms with Crippen molar-refractivity contribution in [3.8, 4) is 6.07 Å². The monoisotopic (exact) mass is 256 g/mol. The molecule has 2 aliphatic heterocycles. The minimum absolute atomic E-state index is 0.162. The first kappa shape index (κ1) is 12.2. The molecule has 0 aromatic heterocycles. The van der Waals surface area contributed by atoms with Crippen molar-refractivity contribution in [2.45, 2.75) is 19.3 Å². The first-order valence-corrected chi connectivity index (χ1v) is 6.52. The Morgan fingerprint density at radius 1 is 1.32 bits per heavy atom. The summed E-state index contributed by atoms with van der Waals surface area (Å²) in [5.41, 5.74) is 2.70. The Hall–Kier alpha value is -1.90. The van der Waals surface area contributed by atoms with E-state index in [0.29, 0.717) is 6.54 Å². The van der Waals surface area contributed by atoms with Crippen LogP contribution >= 0.6 is 0 Å². The number of rotatable bonds is 1. The van der Waals surface area contributed by atoms with Gasteiger partial charge in [0.1, 0.15) is 12.2 Å². The van der Waals surface area contributed by atoms with Crippen molar-refractivity contribution < 1.29 is 4.79 Å². The SMILES string of the molecule is N#CC1CNC(N2CCc3ccccc3C2)NC1=O. The molecule has 1 aromatic rings. The highest BCUT2D eigenvalue weighted by Crippen LogP contribution is 2.19. The number of nitrogens with zero attached hydrogens (tertiary/aromatic N) is 2. The Bertz CT molecular complexity index is 536. The molecule has 2 aliphatic rings. The van der Waals surface area contributed by atoms with Gasteiger partial charge in [-0.25, -0.2) is 0 Å². The van der Waals surface area contributed by atoms with Crippen molar-refractivity contribution in [3.05, 3.63) is 35.4 Å². The van der Waals surface area contributed by atoms with E-state index in [1.165, 1.54) is 11.1 Å². The summed E-state index contributed by atoms with van der Waals surface area (Å²) < 4.78 is 0. The van der Waals surface area contributed by atoms with E-state index in [2.05, 4.69) is 33.7 Å². The molecule has 19 heavy (non-hydrogen) atoms. The Morgan fingerprint density at radius 2 is 2.11 bits per heavy atom. The maximum absolute atomic E-state index is 11.7. The van der Waals surface area contributed by atoms with Crippen LogP contribution in [-0.2, 0) is 17.8 Å². The zero-order valence-corrected chi connectivity index (χ0v) is 10.6. The van der Waals surface area contributed by atoms with Crippen molar-refractivity contribution >= 4 is 5.91 Å². The van der Waals surface area contributed by atoms with E-state index in [-0.39, 0.29) is 12.2 Å². The smallest absolute Gasteiger partial charge is 0.240 e. The molecule has 0 radical (unpaired) electrons. The highest BCUT2D eigenvalue weighted by Gasteiger charge is 2.31. The van der Waals surface area contributed by atoms with E-state index in [4.69, 9.17) is 5.26 Å². The number of nitrogens with one attached hydrogen (secondary N) is 2. The quantitative estimate of drug-likeness (QED) is 0.752. The summed E-state index contributed by atoms with van der Waals surface area (Å²) in [4.78, 5) is 13.9.